The van der Waals surface area contributed by atoms with E-state index in [1.54, 1.807) is 12.1 Å². The highest BCUT2D eigenvalue weighted by Crippen LogP contribution is 2.36. The third kappa shape index (κ3) is 5.02. The van der Waals surface area contributed by atoms with Crippen LogP contribution in [0.5, 0.6) is 0 Å². The first-order chi connectivity index (χ1) is 15.7. The van der Waals surface area contributed by atoms with Crippen LogP contribution in [0.1, 0.15) is 33.1 Å². The molecule has 33 heavy (non-hydrogen) atoms. The van der Waals surface area contributed by atoms with Gasteiger partial charge in [0.2, 0.25) is 11.8 Å². The van der Waals surface area contributed by atoms with Crippen molar-refractivity contribution in [2.45, 2.75) is 33.1 Å². The Bertz CT molecular complexity index is 1090. The number of piperidine rings is 1. The van der Waals surface area contributed by atoms with E-state index in [1.165, 1.54) is 18.3 Å². The number of likely N-dealkylation sites (tertiary alicyclic amines) is 1. The van der Waals surface area contributed by atoms with Gasteiger partial charge in [0.15, 0.2) is 0 Å². The molecule has 5 nitrogen and oxygen atoms in total. The molecule has 0 saturated carbocycles. The van der Waals surface area contributed by atoms with Gasteiger partial charge in [-0.2, -0.15) is 0 Å². The van der Waals surface area contributed by atoms with Crippen LogP contribution in [0.15, 0.2) is 60.3 Å². The number of halogens is 2. The predicted molar refractivity (Wildman–Crippen MR) is 123 cm³/mol. The smallest absolute Gasteiger partial charge is 0.250 e. The van der Waals surface area contributed by atoms with Crippen LogP contribution in [-0.2, 0) is 9.59 Å². The van der Waals surface area contributed by atoms with Crippen molar-refractivity contribution in [3.63, 3.8) is 0 Å². The molecule has 1 fully saturated rings. The van der Waals surface area contributed by atoms with Gasteiger partial charge in [0.1, 0.15) is 17.5 Å². The fourth-order valence-corrected chi connectivity index (χ4v) is 4.44. The topological polar surface area (TPSA) is 62.3 Å². The van der Waals surface area contributed by atoms with Gasteiger partial charge in [-0.25, -0.2) is 13.8 Å². The summed E-state index contributed by atoms with van der Waals surface area (Å²) in [5.41, 5.74) is 1.11. The minimum atomic E-state index is -0.659. The lowest BCUT2D eigenvalue weighted by Crippen LogP contribution is -2.46. The van der Waals surface area contributed by atoms with Gasteiger partial charge in [0.05, 0.1) is 0 Å². The van der Waals surface area contributed by atoms with E-state index in [2.05, 4.69) is 10.3 Å². The number of rotatable bonds is 5. The Hall–Kier alpha value is -3.35. The number of amides is 2. The first-order valence-corrected chi connectivity index (χ1v) is 11.1. The molecule has 1 aliphatic carbocycles. The number of pyridine rings is 1. The van der Waals surface area contributed by atoms with Gasteiger partial charge in [-0.3, -0.25) is 9.59 Å². The first-order valence-electron chi connectivity index (χ1n) is 11.1. The Balaban J connectivity index is 1.36. The quantitative estimate of drug-likeness (QED) is 0.687. The van der Waals surface area contributed by atoms with Crippen molar-refractivity contribution in [3.8, 4) is 11.1 Å². The average Bonchev–Trinajstić information content (AvgIpc) is 3.33. The molecule has 1 N–H and O–H groups in total. The normalized spacial score (nSPS) is 16.6. The summed E-state index contributed by atoms with van der Waals surface area (Å²) in [6.07, 6.45) is 9.43. The number of anilines is 1. The molecule has 0 spiro atoms. The van der Waals surface area contributed by atoms with Gasteiger partial charge in [0.25, 0.3) is 0 Å². The van der Waals surface area contributed by atoms with Gasteiger partial charge in [-0.05, 0) is 55.0 Å². The second-order valence-electron chi connectivity index (χ2n) is 9.16. The van der Waals surface area contributed by atoms with Crippen LogP contribution in [0.25, 0.3) is 11.1 Å². The standard InChI is InChI=1S/C26H27F2N3O2/c1-26(2,20-9-11-31(12-10-20)24(32)17-5-3-4-6-17)25(33)30-23-8-7-18(16-29-23)19-13-21(27)15-22(28)14-19/h3-5,7-8,13-16,20H,6,9-12H2,1-2H3,(H,29,30,33). The monoisotopic (exact) mass is 451 g/mol. The molecule has 2 amide bonds. The van der Waals surface area contributed by atoms with Crippen molar-refractivity contribution in [2.24, 2.45) is 11.3 Å². The molecule has 0 radical (unpaired) electrons. The molecule has 2 aromatic rings. The van der Waals surface area contributed by atoms with E-state index in [0.717, 1.165) is 24.5 Å². The van der Waals surface area contributed by atoms with Gasteiger partial charge >= 0.3 is 0 Å². The third-order valence-electron chi connectivity index (χ3n) is 6.63. The van der Waals surface area contributed by atoms with Gasteiger partial charge in [0, 0.05) is 41.9 Å². The van der Waals surface area contributed by atoms with Crippen molar-refractivity contribution in [1.29, 1.82) is 0 Å². The molecule has 2 aliphatic rings. The summed E-state index contributed by atoms with van der Waals surface area (Å²) >= 11 is 0. The molecule has 7 heteroatoms. The lowest BCUT2D eigenvalue weighted by atomic mass is 9.73. The van der Waals surface area contributed by atoms with Gasteiger partial charge in [-0.15, -0.1) is 0 Å². The largest absolute Gasteiger partial charge is 0.339 e. The first kappa shape index (κ1) is 22.8. The molecule has 0 bridgehead atoms. The van der Waals surface area contributed by atoms with Crippen molar-refractivity contribution < 1.29 is 18.4 Å². The Morgan fingerprint density at radius 1 is 1.06 bits per heavy atom. The fourth-order valence-electron chi connectivity index (χ4n) is 4.44. The summed E-state index contributed by atoms with van der Waals surface area (Å²) in [7, 11) is 0. The third-order valence-corrected chi connectivity index (χ3v) is 6.63. The number of nitrogens with zero attached hydrogens (tertiary/aromatic N) is 2. The second kappa shape index (κ2) is 9.25. The van der Waals surface area contributed by atoms with E-state index in [-0.39, 0.29) is 17.7 Å². The Labute approximate surface area is 192 Å². The summed E-state index contributed by atoms with van der Waals surface area (Å²) in [6.45, 7) is 5.10. The van der Waals surface area contributed by atoms with E-state index < -0.39 is 17.0 Å². The van der Waals surface area contributed by atoms with Crippen molar-refractivity contribution in [1.82, 2.24) is 9.88 Å². The molecule has 1 saturated heterocycles. The number of carbonyl (C=O) groups excluding carboxylic acids is 2. The van der Waals surface area contributed by atoms with Crippen LogP contribution >= 0.6 is 0 Å². The highest BCUT2D eigenvalue weighted by Gasteiger charge is 2.39. The molecular formula is C26H27F2N3O2. The molecule has 0 atom stereocenters. The zero-order valence-corrected chi connectivity index (χ0v) is 18.8. The maximum absolute atomic E-state index is 13.5. The van der Waals surface area contributed by atoms with Crippen molar-refractivity contribution >= 4 is 17.6 Å². The maximum Gasteiger partial charge on any atom is 0.250 e. The minimum absolute atomic E-state index is 0.0863. The molecular weight excluding hydrogens is 424 g/mol. The van der Waals surface area contributed by atoms with Gasteiger partial charge < -0.3 is 10.2 Å². The van der Waals surface area contributed by atoms with Gasteiger partial charge in [-0.1, -0.05) is 32.1 Å². The molecule has 172 valence electrons. The number of carbonyl (C=O) groups is 2. The summed E-state index contributed by atoms with van der Waals surface area (Å²) in [5.74, 6) is -0.869. The molecule has 2 heterocycles. The van der Waals surface area contributed by atoms with E-state index >= 15 is 0 Å². The highest BCUT2D eigenvalue weighted by atomic mass is 19.1. The predicted octanol–water partition coefficient (Wildman–Crippen LogP) is 5.12. The number of nitrogens with one attached hydrogen (secondary N) is 1. The SMILES string of the molecule is CC(C)(C(=O)Nc1ccc(-c2cc(F)cc(F)c2)cn1)C1CCN(C(=O)C2=CC=CC2)CC1. The van der Waals surface area contributed by atoms with Crippen LogP contribution in [-0.4, -0.2) is 34.8 Å². The Kier molecular flexibility index (Phi) is 6.40. The van der Waals surface area contributed by atoms with Crippen LogP contribution < -0.4 is 5.32 Å². The van der Waals surface area contributed by atoms with Crippen molar-refractivity contribution in [3.05, 3.63) is 72.0 Å². The molecule has 1 aromatic carbocycles. The van der Waals surface area contributed by atoms with Crippen LogP contribution in [0.4, 0.5) is 14.6 Å². The number of aromatic nitrogens is 1. The van der Waals surface area contributed by atoms with E-state index in [4.69, 9.17) is 0 Å². The summed E-state index contributed by atoms with van der Waals surface area (Å²) < 4.78 is 27.0. The maximum atomic E-state index is 13.5. The Morgan fingerprint density at radius 2 is 1.76 bits per heavy atom. The van der Waals surface area contributed by atoms with E-state index in [0.29, 0.717) is 36.5 Å². The average molecular weight is 452 g/mol. The minimum Gasteiger partial charge on any atom is -0.339 e. The lowest BCUT2D eigenvalue weighted by Gasteiger charge is -2.39. The number of hydrogen-bond acceptors (Lipinski definition) is 3. The zero-order valence-electron chi connectivity index (χ0n) is 18.8. The number of allylic oxidation sites excluding steroid dienone is 3. The Morgan fingerprint density at radius 3 is 2.33 bits per heavy atom. The molecule has 4 rings (SSSR count). The van der Waals surface area contributed by atoms with E-state index in [1.807, 2.05) is 37.0 Å². The lowest BCUT2D eigenvalue weighted by molar-refractivity contribution is -0.131. The second-order valence-corrected chi connectivity index (χ2v) is 9.16. The molecule has 1 aromatic heterocycles. The summed E-state index contributed by atoms with van der Waals surface area (Å²) in [4.78, 5) is 31.8. The van der Waals surface area contributed by atoms with Crippen LogP contribution in [0.3, 0.4) is 0 Å². The number of benzene rings is 1. The summed E-state index contributed by atoms with van der Waals surface area (Å²) in [6, 6.07) is 6.57. The molecule has 0 unspecified atom stereocenters. The zero-order chi connectivity index (χ0) is 23.6. The van der Waals surface area contributed by atoms with E-state index in [9.17, 15) is 18.4 Å². The fraction of sp³-hybridized carbons (Fsp3) is 0.346. The van der Waals surface area contributed by atoms with Crippen LogP contribution in [0.2, 0.25) is 0 Å². The summed E-state index contributed by atoms with van der Waals surface area (Å²) in [5, 5.41) is 2.86. The number of hydrogen-bond donors (Lipinski definition) is 1. The molecule has 1 aliphatic heterocycles. The van der Waals surface area contributed by atoms with Crippen molar-refractivity contribution in [2.75, 3.05) is 18.4 Å². The highest BCUT2D eigenvalue weighted by molar-refractivity contribution is 5.95. The van der Waals surface area contributed by atoms with Crippen LogP contribution in [0, 0.1) is 23.0 Å².